The van der Waals surface area contributed by atoms with Gasteiger partial charge in [-0.1, -0.05) is 19.1 Å². The maximum absolute atomic E-state index is 13.4. The number of benzene rings is 1. The van der Waals surface area contributed by atoms with Crippen LogP contribution in [0.2, 0.25) is 0 Å². The van der Waals surface area contributed by atoms with Gasteiger partial charge in [0.2, 0.25) is 0 Å². The van der Waals surface area contributed by atoms with Crippen LogP contribution in [0.4, 0.5) is 11.5 Å². The van der Waals surface area contributed by atoms with Gasteiger partial charge in [-0.3, -0.25) is 19.4 Å². The third kappa shape index (κ3) is 3.55. The predicted molar refractivity (Wildman–Crippen MR) is 128 cm³/mol. The van der Waals surface area contributed by atoms with Gasteiger partial charge in [-0.05, 0) is 43.2 Å². The number of aromatic amines is 1. The van der Waals surface area contributed by atoms with Crippen molar-refractivity contribution in [1.82, 2.24) is 29.9 Å². The van der Waals surface area contributed by atoms with Crippen LogP contribution in [0.25, 0.3) is 21.8 Å². The molecule has 4 heterocycles. The van der Waals surface area contributed by atoms with E-state index in [4.69, 9.17) is 10.8 Å². The van der Waals surface area contributed by atoms with E-state index in [1.54, 1.807) is 4.90 Å². The number of amides is 2. The lowest BCUT2D eigenvalue weighted by atomic mass is 9.89. The summed E-state index contributed by atoms with van der Waals surface area (Å²) in [6.45, 7) is 2.62. The van der Waals surface area contributed by atoms with Gasteiger partial charge in [0.15, 0.2) is 0 Å². The molecule has 2 atom stereocenters. The first kappa shape index (κ1) is 20.6. The van der Waals surface area contributed by atoms with Crippen molar-refractivity contribution in [2.45, 2.75) is 44.7 Å². The Morgan fingerprint density at radius 3 is 2.85 bits per heavy atom. The average Bonchev–Trinajstić information content (AvgIpc) is 3.39. The Morgan fingerprint density at radius 2 is 2.03 bits per heavy atom. The topological polar surface area (TPSA) is 135 Å². The molecular weight excluding hydrogens is 432 g/mol. The predicted octanol–water partition coefficient (Wildman–Crippen LogP) is 3.16. The second-order valence-corrected chi connectivity index (χ2v) is 9.48. The molecule has 10 heteroatoms. The molecule has 2 fully saturated rings. The zero-order valence-electron chi connectivity index (χ0n) is 18.9. The second-order valence-electron chi connectivity index (χ2n) is 9.48. The summed E-state index contributed by atoms with van der Waals surface area (Å²) in [6, 6.07) is 6.51. The van der Waals surface area contributed by atoms with Gasteiger partial charge < -0.3 is 16.0 Å². The van der Waals surface area contributed by atoms with Crippen molar-refractivity contribution in [2.24, 2.45) is 5.92 Å². The number of likely N-dealkylation sites (tertiary alicyclic amines) is 1. The molecule has 10 nitrogen and oxygen atoms in total. The molecule has 34 heavy (non-hydrogen) atoms. The molecule has 4 aromatic rings. The molecule has 6 rings (SSSR count). The number of piperidine rings is 1. The lowest BCUT2D eigenvalue weighted by Gasteiger charge is -2.38. The molecule has 0 spiro atoms. The number of fused-ring (bicyclic) bond motifs is 2. The Bertz CT molecular complexity index is 1420. The lowest BCUT2D eigenvalue weighted by molar-refractivity contribution is -0.146. The van der Waals surface area contributed by atoms with Crippen molar-refractivity contribution in [3.8, 4) is 0 Å². The fourth-order valence-corrected chi connectivity index (χ4v) is 4.86. The van der Waals surface area contributed by atoms with E-state index in [-0.39, 0.29) is 6.04 Å². The van der Waals surface area contributed by atoms with Crippen LogP contribution < -0.4 is 11.1 Å². The van der Waals surface area contributed by atoms with Crippen molar-refractivity contribution in [2.75, 3.05) is 17.6 Å². The second kappa shape index (κ2) is 7.82. The van der Waals surface area contributed by atoms with Crippen molar-refractivity contribution >= 4 is 45.1 Å². The highest BCUT2D eigenvalue weighted by Crippen LogP contribution is 2.37. The van der Waals surface area contributed by atoms with Crippen LogP contribution in [-0.4, -0.2) is 48.2 Å². The number of carbonyl (C=O) groups excluding carboxylic acids is 2. The fraction of sp³-hybridized carbons (Fsp3) is 0.375. The largest absolute Gasteiger partial charge is 0.383 e. The molecule has 1 saturated heterocycles. The Morgan fingerprint density at radius 1 is 1.18 bits per heavy atom. The highest BCUT2D eigenvalue weighted by molar-refractivity contribution is 6.40. The van der Waals surface area contributed by atoms with Crippen LogP contribution in [0.1, 0.15) is 50.3 Å². The van der Waals surface area contributed by atoms with E-state index in [0.717, 1.165) is 29.3 Å². The van der Waals surface area contributed by atoms with Crippen molar-refractivity contribution in [3.63, 3.8) is 0 Å². The number of pyridine rings is 1. The van der Waals surface area contributed by atoms with E-state index in [2.05, 4.69) is 51.8 Å². The van der Waals surface area contributed by atoms with Crippen molar-refractivity contribution in [1.29, 1.82) is 0 Å². The van der Waals surface area contributed by atoms with Gasteiger partial charge >= 0.3 is 11.8 Å². The number of nitrogen functional groups attached to an aromatic ring is 1. The minimum atomic E-state index is -0.708. The molecule has 3 aromatic heterocycles. The van der Waals surface area contributed by atoms with E-state index in [1.165, 1.54) is 25.2 Å². The smallest absolute Gasteiger partial charge is 0.314 e. The Balaban J connectivity index is 1.27. The number of H-pyrrole nitrogens is 1. The number of hydrogen-bond acceptors (Lipinski definition) is 6. The van der Waals surface area contributed by atoms with Gasteiger partial charge in [0.1, 0.15) is 5.82 Å². The van der Waals surface area contributed by atoms with Gasteiger partial charge in [0, 0.05) is 18.1 Å². The zero-order chi connectivity index (χ0) is 23.4. The number of hydrogen-bond donors (Lipinski definition) is 3. The first-order valence-corrected chi connectivity index (χ1v) is 11.7. The van der Waals surface area contributed by atoms with Gasteiger partial charge in [0.25, 0.3) is 0 Å². The maximum atomic E-state index is 13.4. The molecule has 2 amide bonds. The number of anilines is 2. The highest BCUT2D eigenvalue weighted by atomic mass is 16.2. The molecule has 0 bridgehead atoms. The third-order valence-electron chi connectivity index (χ3n) is 6.89. The standard InChI is InChI=1S/C24H26N8O2/c1-13-2-7-20(14-3-4-15-12-32(16-5-6-16)30-18(15)8-14)31(11-13)24(34)23(33)28-19-10-26-22(25)17-9-27-29-21(17)19/h3-4,8-10,12-13,16,20H,2,5-7,11H2,1H3,(H2,25,26)(H,27,29)(H,28,33)/t13-,20+/m0/s1. The lowest BCUT2D eigenvalue weighted by Crippen LogP contribution is -2.46. The first-order valence-electron chi connectivity index (χ1n) is 11.7. The number of nitrogens with zero attached hydrogens (tertiary/aromatic N) is 5. The van der Waals surface area contributed by atoms with Gasteiger partial charge in [0.05, 0.1) is 46.6 Å². The highest BCUT2D eigenvalue weighted by Gasteiger charge is 2.35. The number of nitrogens with two attached hydrogens (primary N) is 1. The van der Waals surface area contributed by atoms with Crippen molar-refractivity contribution < 1.29 is 9.59 Å². The van der Waals surface area contributed by atoms with Gasteiger partial charge in [-0.2, -0.15) is 10.2 Å². The minimum Gasteiger partial charge on any atom is -0.383 e. The summed E-state index contributed by atoms with van der Waals surface area (Å²) >= 11 is 0. The number of nitrogens with one attached hydrogen (secondary N) is 2. The van der Waals surface area contributed by atoms with Crippen LogP contribution in [0.15, 0.2) is 36.8 Å². The van der Waals surface area contributed by atoms with Crippen LogP contribution in [0, 0.1) is 5.92 Å². The van der Waals surface area contributed by atoms with Gasteiger partial charge in [-0.25, -0.2) is 4.98 Å². The van der Waals surface area contributed by atoms with Gasteiger partial charge in [-0.15, -0.1) is 0 Å². The summed E-state index contributed by atoms with van der Waals surface area (Å²) in [6.07, 6.45) is 9.19. The van der Waals surface area contributed by atoms with E-state index in [0.29, 0.717) is 40.9 Å². The molecule has 1 saturated carbocycles. The molecule has 0 radical (unpaired) electrons. The monoisotopic (exact) mass is 458 g/mol. The maximum Gasteiger partial charge on any atom is 0.314 e. The Labute approximate surface area is 195 Å². The molecule has 1 aliphatic carbocycles. The minimum absolute atomic E-state index is 0.179. The Hall–Kier alpha value is -3.95. The van der Waals surface area contributed by atoms with Crippen LogP contribution in [0.3, 0.4) is 0 Å². The van der Waals surface area contributed by atoms with E-state index in [1.807, 2.05) is 4.68 Å². The quantitative estimate of drug-likeness (QED) is 0.404. The summed E-state index contributed by atoms with van der Waals surface area (Å²) in [5, 5.41) is 15.9. The zero-order valence-corrected chi connectivity index (χ0v) is 18.9. The SMILES string of the molecule is C[C@H]1CC[C@H](c2ccc3cn(C4CC4)nc3c2)N(C(=O)C(=O)Nc2cnc(N)c3cn[nH]c23)C1. The van der Waals surface area contributed by atoms with Crippen LogP contribution in [-0.2, 0) is 9.59 Å². The molecular formula is C24H26N8O2. The molecule has 4 N–H and O–H groups in total. The average molecular weight is 459 g/mol. The van der Waals surface area contributed by atoms with E-state index in [9.17, 15) is 9.59 Å². The summed E-state index contributed by atoms with van der Waals surface area (Å²) < 4.78 is 2.05. The number of aromatic nitrogens is 5. The molecule has 0 unspecified atom stereocenters. The van der Waals surface area contributed by atoms with Crippen LogP contribution >= 0.6 is 0 Å². The summed E-state index contributed by atoms with van der Waals surface area (Å²) in [5.41, 5.74) is 8.71. The van der Waals surface area contributed by atoms with E-state index < -0.39 is 11.8 Å². The van der Waals surface area contributed by atoms with Crippen LogP contribution in [0.5, 0.6) is 0 Å². The molecule has 1 aromatic carbocycles. The fourth-order valence-electron chi connectivity index (χ4n) is 4.86. The molecule has 1 aliphatic heterocycles. The normalized spacial score (nSPS) is 20.7. The number of rotatable bonds is 3. The summed E-state index contributed by atoms with van der Waals surface area (Å²) in [7, 11) is 0. The summed E-state index contributed by atoms with van der Waals surface area (Å²) in [5.74, 6) is -0.661. The summed E-state index contributed by atoms with van der Waals surface area (Å²) in [4.78, 5) is 32.2. The van der Waals surface area contributed by atoms with E-state index >= 15 is 0 Å². The first-order chi connectivity index (χ1) is 16.5. The Kier molecular flexibility index (Phi) is 4.75. The molecule has 2 aliphatic rings. The van der Waals surface area contributed by atoms with Crippen molar-refractivity contribution in [3.05, 3.63) is 42.4 Å². The number of carbonyl (C=O) groups is 2. The third-order valence-corrected chi connectivity index (χ3v) is 6.89. The molecule has 174 valence electrons.